The zero-order valence-electron chi connectivity index (χ0n) is 18.9. The molecular formula is C22H31N5O5. The topological polar surface area (TPSA) is 116 Å². The van der Waals surface area contributed by atoms with E-state index in [0.717, 1.165) is 50.7 Å². The van der Waals surface area contributed by atoms with Crippen molar-refractivity contribution in [2.24, 2.45) is 11.3 Å². The maximum absolute atomic E-state index is 12.9. The van der Waals surface area contributed by atoms with Crippen LogP contribution in [-0.2, 0) is 11.3 Å². The van der Waals surface area contributed by atoms with Crippen LogP contribution in [0.25, 0.3) is 0 Å². The van der Waals surface area contributed by atoms with Gasteiger partial charge < -0.3 is 23.8 Å². The predicted molar refractivity (Wildman–Crippen MR) is 114 cm³/mol. The van der Waals surface area contributed by atoms with Gasteiger partial charge in [-0.05, 0) is 32.9 Å². The van der Waals surface area contributed by atoms with Crippen molar-refractivity contribution in [2.45, 2.75) is 32.2 Å². The van der Waals surface area contributed by atoms with Gasteiger partial charge in [-0.15, -0.1) is 0 Å². The fourth-order valence-electron chi connectivity index (χ4n) is 5.24. The molecule has 0 radical (unpaired) electrons. The SMILES string of the molecule is Cc1nc(C(=O)N2C[C@@H]3CN(Cc4cc(C5CC5)on4)C[C@]3(CN(C)C)C2)co1.O=CO. The molecule has 0 spiro atoms. The van der Waals surface area contributed by atoms with Crippen molar-refractivity contribution in [1.29, 1.82) is 0 Å². The van der Waals surface area contributed by atoms with Crippen molar-refractivity contribution >= 4 is 12.4 Å². The van der Waals surface area contributed by atoms with Gasteiger partial charge in [0, 0.05) is 63.6 Å². The van der Waals surface area contributed by atoms with Gasteiger partial charge in [-0.1, -0.05) is 5.16 Å². The molecule has 174 valence electrons. The van der Waals surface area contributed by atoms with Gasteiger partial charge >= 0.3 is 0 Å². The summed E-state index contributed by atoms with van der Waals surface area (Å²) in [4.78, 5) is 32.2. The molecule has 3 fully saturated rings. The van der Waals surface area contributed by atoms with E-state index >= 15 is 0 Å². The first kappa shape index (κ1) is 22.5. The predicted octanol–water partition coefficient (Wildman–Crippen LogP) is 1.69. The lowest BCUT2D eigenvalue weighted by Crippen LogP contribution is -2.42. The molecular weight excluding hydrogens is 414 g/mol. The van der Waals surface area contributed by atoms with E-state index in [1.54, 1.807) is 6.92 Å². The molecule has 10 heteroatoms. The van der Waals surface area contributed by atoms with Crippen LogP contribution in [0, 0.1) is 18.3 Å². The Morgan fingerprint density at radius 2 is 2.09 bits per heavy atom. The normalized spacial score (nSPS) is 25.0. The Kier molecular flexibility index (Phi) is 6.34. The summed E-state index contributed by atoms with van der Waals surface area (Å²) in [6.07, 6.45) is 3.92. The Bertz CT molecular complexity index is 952. The minimum absolute atomic E-state index is 0.0218. The zero-order chi connectivity index (χ0) is 22.9. The van der Waals surface area contributed by atoms with Gasteiger partial charge in [0.15, 0.2) is 11.6 Å². The number of carbonyl (C=O) groups excluding carboxylic acids is 1. The molecule has 5 rings (SSSR count). The third kappa shape index (κ3) is 4.71. The number of nitrogens with zero attached hydrogens (tertiary/aromatic N) is 5. The summed E-state index contributed by atoms with van der Waals surface area (Å²) < 4.78 is 10.8. The highest BCUT2D eigenvalue weighted by molar-refractivity contribution is 5.92. The quantitative estimate of drug-likeness (QED) is 0.663. The molecule has 10 nitrogen and oxygen atoms in total. The first-order chi connectivity index (χ1) is 15.3. The minimum Gasteiger partial charge on any atom is -0.483 e. The highest BCUT2D eigenvalue weighted by atomic mass is 16.5. The molecule has 3 aliphatic rings. The van der Waals surface area contributed by atoms with E-state index in [1.807, 2.05) is 4.90 Å². The average molecular weight is 446 g/mol. The van der Waals surface area contributed by atoms with Gasteiger partial charge in [0.2, 0.25) is 0 Å². The fraction of sp³-hybridized carbons (Fsp3) is 0.636. The summed E-state index contributed by atoms with van der Waals surface area (Å²) >= 11 is 0. The van der Waals surface area contributed by atoms with Crippen LogP contribution >= 0.6 is 0 Å². The Morgan fingerprint density at radius 1 is 1.34 bits per heavy atom. The van der Waals surface area contributed by atoms with E-state index in [0.29, 0.717) is 23.4 Å². The minimum atomic E-state index is -0.250. The lowest BCUT2D eigenvalue weighted by molar-refractivity contribution is -0.122. The first-order valence-corrected chi connectivity index (χ1v) is 11.0. The second kappa shape index (κ2) is 9.03. The number of carbonyl (C=O) groups is 2. The molecule has 0 unspecified atom stereocenters. The van der Waals surface area contributed by atoms with Crippen LogP contribution in [0.2, 0.25) is 0 Å². The number of rotatable bonds is 6. The number of hydrogen-bond acceptors (Lipinski definition) is 8. The molecule has 32 heavy (non-hydrogen) atoms. The Hall–Kier alpha value is -2.72. The summed E-state index contributed by atoms with van der Waals surface area (Å²) in [6, 6.07) is 2.13. The Labute approximate surface area is 187 Å². The summed E-state index contributed by atoms with van der Waals surface area (Å²) in [5.74, 6) is 2.58. The second-order valence-electron chi connectivity index (χ2n) is 9.50. The molecule has 1 aliphatic carbocycles. The number of aromatic nitrogens is 2. The lowest BCUT2D eigenvalue weighted by atomic mass is 9.80. The molecule has 1 amide bonds. The largest absolute Gasteiger partial charge is 0.483 e. The van der Waals surface area contributed by atoms with Gasteiger partial charge in [-0.25, -0.2) is 4.98 Å². The maximum atomic E-state index is 12.9. The summed E-state index contributed by atoms with van der Waals surface area (Å²) in [6.45, 7) is 6.74. The third-order valence-corrected chi connectivity index (χ3v) is 6.53. The average Bonchev–Trinajstić information content (AvgIpc) is 3.02. The van der Waals surface area contributed by atoms with Gasteiger partial charge in [0.05, 0.1) is 5.69 Å². The molecule has 0 bridgehead atoms. The number of oxazole rings is 1. The monoisotopic (exact) mass is 445 g/mol. The van der Waals surface area contributed by atoms with Crippen LogP contribution in [-0.4, -0.2) is 89.1 Å². The van der Waals surface area contributed by atoms with E-state index in [9.17, 15) is 4.79 Å². The molecule has 2 aliphatic heterocycles. The lowest BCUT2D eigenvalue weighted by Gasteiger charge is -2.32. The number of amides is 1. The summed E-state index contributed by atoms with van der Waals surface area (Å²) in [7, 11) is 4.22. The highest BCUT2D eigenvalue weighted by Gasteiger charge is 2.53. The number of hydrogen-bond donors (Lipinski definition) is 1. The van der Waals surface area contributed by atoms with Crippen LogP contribution in [0.4, 0.5) is 0 Å². The maximum Gasteiger partial charge on any atom is 0.290 e. The van der Waals surface area contributed by atoms with E-state index in [4.69, 9.17) is 18.8 Å². The molecule has 2 aromatic rings. The van der Waals surface area contributed by atoms with Crippen molar-refractivity contribution in [1.82, 2.24) is 24.8 Å². The van der Waals surface area contributed by atoms with Crippen molar-refractivity contribution in [3.8, 4) is 0 Å². The number of aryl methyl sites for hydroxylation is 1. The molecule has 0 aromatic carbocycles. The molecule has 4 heterocycles. The van der Waals surface area contributed by atoms with Crippen molar-refractivity contribution in [3.05, 3.63) is 35.4 Å². The molecule has 2 aromatic heterocycles. The molecule has 2 saturated heterocycles. The number of fused-ring (bicyclic) bond motifs is 1. The fourth-order valence-corrected chi connectivity index (χ4v) is 5.24. The van der Waals surface area contributed by atoms with E-state index < -0.39 is 0 Å². The van der Waals surface area contributed by atoms with Crippen molar-refractivity contribution in [2.75, 3.05) is 46.8 Å². The van der Waals surface area contributed by atoms with E-state index in [-0.39, 0.29) is 17.8 Å². The van der Waals surface area contributed by atoms with Crippen LogP contribution < -0.4 is 0 Å². The standard InChI is InChI=1S/C21H29N5O3.CH2O2/c1-14-22-18(10-28-14)20(27)26-8-16-7-25(12-21(16,13-26)11-24(2)3)9-17-6-19(29-23-17)15-4-5-15;2-1-3/h6,10,15-16H,4-5,7-9,11-13H2,1-3H3;1H,(H,2,3)/t16-,21+;/m0./s1. The van der Waals surface area contributed by atoms with Crippen LogP contribution in [0.5, 0.6) is 0 Å². The second-order valence-corrected chi connectivity index (χ2v) is 9.50. The Morgan fingerprint density at radius 3 is 2.72 bits per heavy atom. The zero-order valence-corrected chi connectivity index (χ0v) is 18.9. The Balaban J connectivity index is 0.000000775. The molecule has 1 saturated carbocycles. The summed E-state index contributed by atoms with van der Waals surface area (Å²) in [5, 5.41) is 11.2. The van der Waals surface area contributed by atoms with Gasteiger partial charge in [0.25, 0.3) is 12.4 Å². The molecule has 2 atom stereocenters. The van der Waals surface area contributed by atoms with Crippen molar-refractivity contribution < 1.29 is 23.6 Å². The van der Waals surface area contributed by atoms with Crippen molar-refractivity contribution in [3.63, 3.8) is 0 Å². The van der Waals surface area contributed by atoms with Gasteiger partial charge in [-0.3, -0.25) is 14.5 Å². The van der Waals surface area contributed by atoms with E-state index in [2.05, 4.69) is 40.1 Å². The highest BCUT2D eigenvalue weighted by Crippen LogP contribution is 2.44. The van der Waals surface area contributed by atoms with E-state index in [1.165, 1.54) is 19.1 Å². The smallest absolute Gasteiger partial charge is 0.290 e. The van der Waals surface area contributed by atoms with Crippen LogP contribution in [0.3, 0.4) is 0 Å². The molecule has 1 N–H and O–H groups in total. The van der Waals surface area contributed by atoms with Gasteiger partial charge in [-0.2, -0.15) is 0 Å². The van der Waals surface area contributed by atoms with Gasteiger partial charge in [0.1, 0.15) is 12.0 Å². The summed E-state index contributed by atoms with van der Waals surface area (Å²) in [5.41, 5.74) is 1.51. The number of likely N-dealkylation sites (tertiary alicyclic amines) is 2. The van der Waals surface area contributed by atoms with Crippen LogP contribution in [0.1, 0.15) is 46.6 Å². The third-order valence-electron chi connectivity index (χ3n) is 6.53. The number of carboxylic acid groups (broad SMARTS) is 1. The first-order valence-electron chi connectivity index (χ1n) is 11.0. The van der Waals surface area contributed by atoms with Crippen LogP contribution in [0.15, 0.2) is 21.3 Å².